The lowest BCUT2D eigenvalue weighted by Gasteiger charge is -2.14. The molecule has 1 aromatic rings. The Morgan fingerprint density at radius 1 is 1.50 bits per heavy atom. The molecule has 0 spiro atoms. The predicted octanol–water partition coefficient (Wildman–Crippen LogP) is 2.28. The van der Waals surface area contributed by atoms with Gasteiger partial charge in [0.05, 0.1) is 17.3 Å². The number of cyclic esters (lactones) is 1. The second kappa shape index (κ2) is 4.49. The molecule has 1 aromatic carbocycles. The SMILES string of the molecule is NCC1CN(c2cc(Cl)ccc2Cl)C(=O)O1. The molecular weight excluding hydrogens is 251 g/mol. The summed E-state index contributed by atoms with van der Waals surface area (Å²) >= 11 is 11.8. The summed E-state index contributed by atoms with van der Waals surface area (Å²) in [5, 5.41) is 0.974. The molecule has 1 heterocycles. The lowest BCUT2D eigenvalue weighted by Crippen LogP contribution is -2.27. The minimum atomic E-state index is -0.445. The minimum Gasteiger partial charge on any atom is -0.443 e. The van der Waals surface area contributed by atoms with Gasteiger partial charge in [-0.15, -0.1) is 0 Å². The van der Waals surface area contributed by atoms with Crippen LogP contribution in [0, 0.1) is 0 Å². The molecule has 0 saturated carbocycles. The highest BCUT2D eigenvalue weighted by atomic mass is 35.5. The van der Waals surface area contributed by atoms with Crippen LogP contribution in [0.5, 0.6) is 0 Å². The van der Waals surface area contributed by atoms with Crippen LogP contribution in [0.15, 0.2) is 18.2 Å². The summed E-state index contributed by atoms with van der Waals surface area (Å²) in [4.78, 5) is 13.0. The zero-order valence-electron chi connectivity index (χ0n) is 8.32. The molecule has 1 atom stereocenters. The number of ether oxygens (including phenoxy) is 1. The van der Waals surface area contributed by atoms with Crippen LogP contribution >= 0.6 is 23.2 Å². The van der Waals surface area contributed by atoms with E-state index in [9.17, 15) is 4.79 Å². The van der Waals surface area contributed by atoms with Gasteiger partial charge in [-0.25, -0.2) is 4.79 Å². The third-order valence-corrected chi connectivity index (χ3v) is 2.89. The van der Waals surface area contributed by atoms with Crippen molar-refractivity contribution in [2.45, 2.75) is 6.10 Å². The molecule has 1 amide bonds. The quantitative estimate of drug-likeness (QED) is 0.888. The van der Waals surface area contributed by atoms with Gasteiger partial charge < -0.3 is 10.5 Å². The first-order chi connectivity index (χ1) is 7.61. The summed E-state index contributed by atoms with van der Waals surface area (Å²) in [5.74, 6) is 0. The molecule has 16 heavy (non-hydrogen) atoms. The molecule has 4 nitrogen and oxygen atoms in total. The summed E-state index contributed by atoms with van der Waals surface area (Å²) in [6, 6.07) is 4.93. The van der Waals surface area contributed by atoms with Gasteiger partial charge in [0.2, 0.25) is 0 Å². The fraction of sp³-hybridized carbons (Fsp3) is 0.300. The summed E-state index contributed by atoms with van der Waals surface area (Å²) in [7, 11) is 0. The van der Waals surface area contributed by atoms with Crippen molar-refractivity contribution in [3.8, 4) is 0 Å². The molecule has 0 radical (unpaired) electrons. The van der Waals surface area contributed by atoms with Crippen LogP contribution in [0.2, 0.25) is 10.0 Å². The van der Waals surface area contributed by atoms with Gasteiger partial charge in [-0.05, 0) is 18.2 Å². The maximum absolute atomic E-state index is 11.6. The number of anilines is 1. The highest BCUT2D eigenvalue weighted by Gasteiger charge is 2.32. The van der Waals surface area contributed by atoms with E-state index in [0.717, 1.165) is 0 Å². The molecule has 0 aromatic heterocycles. The first kappa shape index (κ1) is 11.5. The number of hydrogen-bond donors (Lipinski definition) is 1. The number of halogens is 2. The number of carbonyl (C=O) groups excluding carboxylic acids is 1. The fourth-order valence-electron chi connectivity index (χ4n) is 1.53. The minimum absolute atomic E-state index is 0.289. The largest absolute Gasteiger partial charge is 0.443 e. The number of hydrogen-bond acceptors (Lipinski definition) is 3. The molecule has 2 rings (SSSR count). The van der Waals surface area contributed by atoms with Crippen molar-refractivity contribution in [3.05, 3.63) is 28.2 Å². The van der Waals surface area contributed by atoms with Crippen molar-refractivity contribution in [2.24, 2.45) is 5.73 Å². The number of nitrogens with zero attached hydrogens (tertiary/aromatic N) is 1. The highest BCUT2D eigenvalue weighted by molar-refractivity contribution is 6.35. The van der Waals surface area contributed by atoms with E-state index < -0.39 is 6.09 Å². The Bertz CT molecular complexity index is 425. The Hall–Kier alpha value is -0.970. The van der Waals surface area contributed by atoms with Gasteiger partial charge >= 0.3 is 6.09 Å². The lowest BCUT2D eigenvalue weighted by molar-refractivity contribution is 0.145. The molecule has 2 N–H and O–H groups in total. The molecule has 0 bridgehead atoms. The smallest absolute Gasteiger partial charge is 0.414 e. The van der Waals surface area contributed by atoms with Crippen LogP contribution in [-0.4, -0.2) is 25.3 Å². The molecule has 1 aliphatic heterocycles. The number of carbonyl (C=O) groups is 1. The molecule has 1 unspecified atom stereocenters. The Labute approximate surface area is 103 Å². The molecule has 1 aliphatic rings. The first-order valence-electron chi connectivity index (χ1n) is 4.75. The van der Waals surface area contributed by atoms with Crippen molar-refractivity contribution in [1.29, 1.82) is 0 Å². The van der Waals surface area contributed by atoms with E-state index in [2.05, 4.69) is 0 Å². The van der Waals surface area contributed by atoms with Crippen molar-refractivity contribution < 1.29 is 9.53 Å². The molecule has 1 saturated heterocycles. The Morgan fingerprint density at radius 3 is 2.88 bits per heavy atom. The average molecular weight is 261 g/mol. The Morgan fingerprint density at radius 2 is 2.25 bits per heavy atom. The summed E-state index contributed by atoms with van der Waals surface area (Å²) < 4.78 is 5.03. The van der Waals surface area contributed by atoms with Crippen LogP contribution in [0.3, 0.4) is 0 Å². The number of amides is 1. The van der Waals surface area contributed by atoms with Crippen molar-refractivity contribution in [3.63, 3.8) is 0 Å². The average Bonchev–Trinajstić information content (AvgIpc) is 2.63. The first-order valence-corrected chi connectivity index (χ1v) is 5.50. The van der Waals surface area contributed by atoms with E-state index in [4.69, 9.17) is 33.7 Å². The van der Waals surface area contributed by atoms with Gasteiger partial charge in [0.1, 0.15) is 6.10 Å². The summed E-state index contributed by atoms with van der Waals surface area (Å²) in [5.41, 5.74) is 5.99. The van der Waals surface area contributed by atoms with E-state index >= 15 is 0 Å². The summed E-state index contributed by atoms with van der Waals surface area (Å²) in [6.07, 6.45) is -0.734. The van der Waals surface area contributed by atoms with Gasteiger partial charge in [0, 0.05) is 11.6 Å². The van der Waals surface area contributed by atoms with Crippen LogP contribution in [0.25, 0.3) is 0 Å². The molecular formula is C10H10Cl2N2O2. The lowest BCUT2D eigenvalue weighted by atomic mass is 10.2. The van der Waals surface area contributed by atoms with Crippen molar-refractivity contribution >= 4 is 35.0 Å². The zero-order chi connectivity index (χ0) is 11.7. The summed E-state index contributed by atoms with van der Waals surface area (Å²) in [6.45, 7) is 0.690. The fourth-order valence-corrected chi connectivity index (χ4v) is 1.92. The van der Waals surface area contributed by atoms with Crippen molar-refractivity contribution in [2.75, 3.05) is 18.0 Å². The molecule has 6 heteroatoms. The van der Waals surface area contributed by atoms with Crippen LogP contribution in [0.1, 0.15) is 0 Å². The van der Waals surface area contributed by atoms with E-state index in [-0.39, 0.29) is 6.10 Å². The Balaban J connectivity index is 2.30. The molecule has 0 aliphatic carbocycles. The standard InChI is InChI=1S/C10H10Cl2N2O2/c11-6-1-2-8(12)9(3-6)14-5-7(4-13)16-10(14)15/h1-3,7H,4-5,13H2. The van der Waals surface area contributed by atoms with Crippen LogP contribution in [0.4, 0.5) is 10.5 Å². The predicted molar refractivity (Wildman–Crippen MR) is 63.1 cm³/mol. The van der Waals surface area contributed by atoms with Gasteiger partial charge in [0.25, 0.3) is 0 Å². The van der Waals surface area contributed by atoms with Crippen LogP contribution in [-0.2, 0) is 4.74 Å². The van der Waals surface area contributed by atoms with Gasteiger partial charge in [0.15, 0.2) is 0 Å². The highest BCUT2D eigenvalue weighted by Crippen LogP contribution is 2.31. The third kappa shape index (κ3) is 2.09. The van der Waals surface area contributed by atoms with E-state index in [1.165, 1.54) is 4.90 Å². The molecule has 86 valence electrons. The maximum Gasteiger partial charge on any atom is 0.414 e. The second-order valence-electron chi connectivity index (χ2n) is 3.45. The monoisotopic (exact) mass is 260 g/mol. The number of rotatable bonds is 2. The third-order valence-electron chi connectivity index (χ3n) is 2.34. The zero-order valence-corrected chi connectivity index (χ0v) is 9.83. The van der Waals surface area contributed by atoms with E-state index in [0.29, 0.717) is 28.8 Å². The van der Waals surface area contributed by atoms with Crippen LogP contribution < -0.4 is 10.6 Å². The maximum atomic E-state index is 11.6. The number of benzene rings is 1. The van der Waals surface area contributed by atoms with Gasteiger partial charge in [-0.2, -0.15) is 0 Å². The van der Waals surface area contributed by atoms with Gasteiger partial charge in [-0.3, -0.25) is 4.90 Å². The topological polar surface area (TPSA) is 55.6 Å². The van der Waals surface area contributed by atoms with E-state index in [1.54, 1.807) is 18.2 Å². The normalized spacial score (nSPS) is 20.1. The Kier molecular flexibility index (Phi) is 3.23. The molecule has 1 fully saturated rings. The number of nitrogens with two attached hydrogens (primary N) is 1. The van der Waals surface area contributed by atoms with Gasteiger partial charge in [-0.1, -0.05) is 23.2 Å². The second-order valence-corrected chi connectivity index (χ2v) is 4.29. The van der Waals surface area contributed by atoms with Crippen molar-refractivity contribution in [1.82, 2.24) is 0 Å². The van der Waals surface area contributed by atoms with E-state index in [1.807, 2.05) is 0 Å².